The first kappa shape index (κ1) is 9.93. The fourth-order valence-electron chi connectivity index (χ4n) is 1.51. The van der Waals surface area contributed by atoms with Crippen molar-refractivity contribution in [2.75, 3.05) is 6.54 Å². The van der Waals surface area contributed by atoms with Crippen LogP contribution < -0.4 is 5.73 Å². The van der Waals surface area contributed by atoms with Crippen molar-refractivity contribution in [3.63, 3.8) is 0 Å². The molecule has 15 heavy (non-hydrogen) atoms. The number of nitrogens with two attached hydrogens (primary N) is 1. The van der Waals surface area contributed by atoms with E-state index in [9.17, 15) is 0 Å². The fraction of sp³-hybridized carbons (Fsp3) is 0.250. The van der Waals surface area contributed by atoms with Crippen molar-refractivity contribution < 1.29 is 4.42 Å². The van der Waals surface area contributed by atoms with Crippen LogP contribution in [0.15, 0.2) is 41.3 Å². The van der Waals surface area contributed by atoms with E-state index in [0.29, 0.717) is 6.54 Å². The van der Waals surface area contributed by atoms with Gasteiger partial charge in [0.2, 0.25) is 0 Å². The van der Waals surface area contributed by atoms with Crippen LogP contribution in [0.3, 0.4) is 0 Å². The van der Waals surface area contributed by atoms with Crippen LogP contribution in [0.2, 0.25) is 0 Å². The molecule has 0 aliphatic rings. The van der Waals surface area contributed by atoms with Gasteiger partial charge in [0.1, 0.15) is 0 Å². The highest BCUT2D eigenvalue weighted by Crippen LogP contribution is 2.19. The molecule has 2 aromatic heterocycles. The molecule has 0 radical (unpaired) electrons. The van der Waals surface area contributed by atoms with Crippen molar-refractivity contribution in [3.8, 4) is 11.1 Å². The molecule has 3 nitrogen and oxygen atoms in total. The molecule has 0 aliphatic carbocycles. The molecule has 3 heteroatoms. The normalized spacial score (nSPS) is 10.5. The van der Waals surface area contributed by atoms with Gasteiger partial charge in [-0.2, -0.15) is 0 Å². The van der Waals surface area contributed by atoms with Crippen molar-refractivity contribution in [2.45, 2.75) is 12.8 Å². The summed E-state index contributed by atoms with van der Waals surface area (Å²) < 4.78 is 5.05. The minimum absolute atomic E-state index is 0.706. The number of aryl methyl sites for hydroxylation is 1. The van der Waals surface area contributed by atoms with E-state index in [1.54, 1.807) is 12.5 Å². The van der Waals surface area contributed by atoms with Gasteiger partial charge in [-0.15, -0.1) is 0 Å². The van der Waals surface area contributed by atoms with Crippen LogP contribution in [0, 0.1) is 0 Å². The van der Waals surface area contributed by atoms with Crippen LogP contribution in [0.25, 0.3) is 11.1 Å². The Hall–Kier alpha value is -1.61. The Balaban J connectivity index is 2.19. The van der Waals surface area contributed by atoms with Gasteiger partial charge in [-0.3, -0.25) is 4.98 Å². The van der Waals surface area contributed by atoms with Gasteiger partial charge in [0.15, 0.2) is 0 Å². The Morgan fingerprint density at radius 3 is 2.93 bits per heavy atom. The molecule has 0 spiro atoms. The third-order valence-corrected chi connectivity index (χ3v) is 2.31. The fourth-order valence-corrected chi connectivity index (χ4v) is 1.51. The summed E-state index contributed by atoms with van der Waals surface area (Å²) >= 11 is 0. The molecule has 0 saturated carbocycles. The van der Waals surface area contributed by atoms with Crippen LogP contribution >= 0.6 is 0 Å². The lowest BCUT2D eigenvalue weighted by Crippen LogP contribution is -2.01. The minimum atomic E-state index is 0.706. The molecule has 0 atom stereocenters. The van der Waals surface area contributed by atoms with E-state index in [1.165, 1.54) is 0 Å². The third kappa shape index (κ3) is 2.44. The molecule has 2 heterocycles. The zero-order valence-electron chi connectivity index (χ0n) is 8.52. The Morgan fingerprint density at radius 2 is 2.20 bits per heavy atom. The predicted octanol–water partition coefficient (Wildman–Crippen LogP) is 2.23. The quantitative estimate of drug-likeness (QED) is 0.827. The average Bonchev–Trinajstić information content (AvgIpc) is 2.80. The zero-order chi connectivity index (χ0) is 10.5. The van der Waals surface area contributed by atoms with E-state index in [2.05, 4.69) is 11.1 Å². The largest absolute Gasteiger partial charge is 0.472 e. The first-order chi connectivity index (χ1) is 7.40. The molecule has 2 N–H and O–H groups in total. The van der Waals surface area contributed by atoms with Gasteiger partial charge in [0.25, 0.3) is 0 Å². The SMILES string of the molecule is NCCCc1cc(-c2ccoc2)ccn1. The first-order valence-electron chi connectivity index (χ1n) is 5.08. The lowest BCUT2D eigenvalue weighted by molar-refractivity contribution is 0.568. The van der Waals surface area contributed by atoms with E-state index < -0.39 is 0 Å². The molecule has 0 aromatic carbocycles. The van der Waals surface area contributed by atoms with E-state index in [4.69, 9.17) is 10.2 Å². The number of hydrogen-bond acceptors (Lipinski definition) is 3. The van der Waals surface area contributed by atoms with Gasteiger partial charge >= 0.3 is 0 Å². The Morgan fingerprint density at radius 1 is 1.27 bits per heavy atom. The second kappa shape index (κ2) is 4.75. The van der Waals surface area contributed by atoms with E-state index in [1.807, 2.05) is 18.3 Å². The summed E-state index contributed by atoms with van der Waals surface area (Å²) in [5, 5.41) is 0. The summed E-state index contributed by atoms with van der Waals surface area (Å²) in [4.78, 5) is 4.30. The van der Waals surface area contributed by atoms with Crippen molar-refractivity contribution in [2.24, 2.45) is 5.73 Å². The standard InChI is InChI=1S/C12H14N2O/c13-5-1-2-12-8-10(3-6-14-12)11-4-7-15-9-11/h3-4,6-9H,1-2,5,13H2. The van der Waals surface area contributed by atoms with Gasteiger partial charge in [0.05, 0.1) is 12.5 Å². The summed E-state index contributed by atoms with van der Waals surface area (Å²) in [6.07, 6.45) is 7.15. The highest BCUT2D eigenvalue weighted by molar-refractivity contribution is 5.61. The van der Waals surface area contributed by atoms with E-state index in [0.717, 1.165) is 29.7 Å². The lowest BCUT2D eigenvalue weighted by Gasteiger charge is -2.01. The second-order valence-electron chi connectivity index (χ2n) is 3.44. The molecular weight excluding hydrogens is 188 g/mol. The first-order valence-corrected chi connectivity index (χ1v) is 5.08. The number of furan rings is 1. The summed E-state index contributed by atoms with van der Waals surface area (Å²) in [6, 6.07) is 6.01. The number of hydrogen-bond donors (Lipinski definition) is 1. The van der Waals surface area contributed by atoms with Crippen molar-refractivity contribution in [1.82, 2.24) is 4.98 Å². The number of pyridine rings is 1. The van der Waals surface area contributed by atoms with Crippen molar-refractivity contribution in [1.29, 1.82) is 0 Å². The van der Waals surface area contributed by atoms with Crippen molar-refractivity contribution >= 4 is 0 Å². The molecule has 0 aliphatic heterocycles. The summed E-state index contributed by atoms with van der Waals surface area (Å²) in [5.41, 5.74) is 8.78. The number of nitrogens with zero attached hydrogens (tertiary/aromatic N) is 1. The molecule has 2 rings (SSSR count). The minimum Gasteiger partial charge on any atom is -0.472 e. The molecule has 0 bridgehead atoms. The van der Waals surface area contributed by atoms with Crippen molar-refractivity contribution in [3.05, 3.63) is 42.6 Å². The van der Waals surface area contributed by atoms with Crippen LogP contribution in [0.5, 0.6) is 0 Å². The van der Waals surface area contributed by atoms with Gasteiger partial charge in [-0.05, 0) is 43.1 Å². The maximum atomic E-state index is 5.47. The van der Waals surface area contributed by atoms with E-state index >= 15 is 0 Å². The smallest absolute Gasteiger partial charge is 0.0980 e. The maximum Gasteiger partial charge on any atom is 0.0980 e. The Bertz CT molecular complexity index is 409. The molecule has 0 saturated heterocycles. The summed E-state index contributed by atoms with van der Waals surface area (Å²) in [7, 11) is 0. The van der Waals surface area contributed by atoms with Crippen LogP contribution in [-0.4, -0.2) is 11.5 Å². The number of aromatic nitrogens is 1. The highest BCUT2D eigenvalue weighted by atomic mass is 16.3. The molecule has 0 unspecified atom stereocenters. The van der Waals surface area contributed by atoms with E-state index in [-0.39, 0.29) is 0 Å². The molecular formula is C12H14N2O. The van der Waals surface area contributed by atoms with Gasteiger partial charge < -0.3 is 10.2 Å². The Labute approximate surface area is 88.9 Å². The predicted molar refractivity (Wildman–Crippen MR) is 59.3 cm³/mol. The molecule has 0 amide bonds. The third-order valence-electron chi connectivity index (χ3n) is 2.31. The van der Waals surface area contributed by atoms with Crippen LogP contribution in [0.4, 0.5) is 0 Å². The van der Waals surface area contributed by atoms with Gasteiger partial charge in [-0.25, -0.2) is 0 Å². The van der Waals surface area contributed by atoms with Crippen LogP contribution in [0.1, 0.15) is 12.1 Å². The maximum absolute atomic E-state index is 5.47. The summed E-state index contributed by atoms with van der Waals surface area (Å²) in [5.74, 6) is 0. The molecule has 2 aromatic rings. The average molecular weight is 202 g/mol. The Kier molecular flexibility index (Phi) is 3.15. The van der Waals surface area contributed by atoms with Crippen LogP contribution in [-0.2, 0) is 6.42 Å². The topological polar surface area (TPSA) is 52.0 Å². The zero-order valence-corrected chi connectivity index (χ0v) is 8.52. The summed E-state index contributed by atoms with van der Waals surface area (Å²) in [6.45, 7) is 0.706. The lowest BCUT2D eigenvalue weighted by atomic mass is 10.1. The second-order valence-corrected chi connectivity index (χ2v) is 3.44. The highest BCUT2D eigenvalue weighted by Gasteiger charge is 2.00. The molecule has 78 valence electrons. The van der Waals surface area contributed by atoms with Gasteiger partial charge in [-0.1, -0.05) is 0 Å². The monoisotopic (exact) mass is 202 g/mol. The molecule has 0 fully saturated rings. The number of rotatable bonds is 4. The van der Waals surface area contributed by atoms with Gasteiger partial charge in [0, 0.05) is 17.5 Å².